The third kappa shape index (κ3) is 2.35. The Morgan fingerprint density at radius 3 is 2.89 bits per heavy atom. The summed E-state index contributed by atoms with van der Waals surface area (Å²) in [7, 11) is 0. The minimum absolute atomic E-state index is 0.0523. The van der Waals surface area contributed by atoms with Gasteiger partial charge in [-0.05, 0) is 18.6 Å². The SMILES string of the molecule is Cc1ccc([N+](=O)[O-])c(-c2nnc(CCN)o2)c1. The molecule has 0 bridgehead atoms. The van der Waals surface area contributed by atoms with Gasteiger partial charge in [0, 0.05) is 19.0 Å². The zero-order valence-corrected chi connectivity index (χ0v) is 9.79. The Morgan fingerprint density at radius 2 is 2.22 bits per heavy atom. The van der Waals surface area contributed by atoms with E-state index in [0.29, 0.717) is 24.4 Å². The molecule has 0 unspecified atom stereocenters. The van der Waals surface area contributed by atoms with Crippen LogP contribution in [0.25, 0.3) is 11.5 Å². The Labute approximate surface area is 103 Å². The second kappa shape index (κ2) is 4.92. The summed E-state index contributed by atoms with van der Waals surface area (Å²) in [5.74, 6) is 0.525. The summed E-state index contributed by atoms with van der Waals surface area (Å²) in [4.78, 5) is 10.5. The quantitative estimate of drug-likeness (QED) is 0.648. The Kier molecular flexibility index (Phi) is 3.33. The van der Waals surface area contributed by atoms with Crippen LogP contribution < -0.4 is 5.73 Å². The molecular weight excluding hydrogens is 236 g/mol. The summed E-state index contributed by atoms with van der Waals surface area (Å²) in [6.07, 6.45) is 0.451. The van der Waals surface area contributed by atoms with Crippen molar-refractivity contribution in [1.29, 1.82) is 0 Å². The Balaban J connectivity index is 2.47. The molecule has 18 heavy (non-hydrogen) atoms. The first-order valence-electron chi connectivity index (χ1n) is 5.39. The number of nitro groups is 1. The van der Waals surface area contributed by atoms with Crippen molar-refractivity contribution in [1.82, 2.24) is 10.2 Å². The van der Waals surface area contributed by atoms with E-state index in [2.05, 4.69) is 10.2 Å². The summed E-state index contributed by atoms with van der Waals surface area (Å²) in [6.45, 7) is 2.22. The van der Waals surface area contributed by atoms with E-state index >= 15 is 0 Å². The van der Waals surface area contributed by atoms with Gasteiger partial charge < -0.3 is 10.2 Å². The number of nitrogens with two attached hydrogens (primary N) is 1. The van der Waals surface area contributed by atoms with Gasteiger partial charge in [0.25, 0.3) is 11.6 Å². The van der Waals surface area contributed by atoms with Crippen molar-refractivity contribution in [3.8, 4) is 11.5 Å². The van der Waals surface area contributed by atoms with Crippen molar-refractivity contribution in [3.05, 3.63) is 39.8 Å². The molecule has 1 aromatic heterocycles. The molecular formula is C11H12N4O3. The average Bonchev–Trinajstić information content (AvgIpc) is 2.77. The number of rotatable bonds is 4. The molecule has 0 radical (unpaired) electrons. The molecule has 0 spiro atoms. The van der Waals surface area contributed by atoms with Crippen LogP contribution in [0.1, 0.15) is 11.5 Å². The molecule has 2 aromatic rings. The molecule has 0 atom stereocenters. The number of nitro benzene ring substituents is 1. The van der Waals surface area contributed by atoms with Crippen LogP contribution in [0, 0.1) is 17.0 Å². The van der Waals surface area contributed by atoms with E-state index in [1.165, 1.54) is 6.07 Å². The number of aryl methyl sites for hydroxylation is 1. The molecule has 94 valence electrons. The molecule has 1 aromatic carbocycles. The van der Waals surface area contributed by atoms with E-state index in [-0.39, 0.29) is 11.6 Å². The maximum atomic E-state index is 10.9. The van der Waals surface area contributed by atoms with Gasteiger partial charge in [-0.3, -0.25) is 10.1 Å². The lowest BCUT2D eigenvalue weighted by atomic mass is 10.1. The minimum atomic E-state index is -0.471. The second-order valence-electron chi connectivity index (χ2n) is 3.82. The monoisotopic (exact) mass is 248 g/mol. The van der Waals surface area contributed by atoms with Gasteiger partial charge in [0.2, 0.25) is 5.89 Å². The topological polar surface area (TPSA) is 108 Å². The van der Waals surface area contributed by atoms with Gasteiger partial charge in [-0.15, -0.1) is 10.2 Å². The van der Waals surface area contributed by atoms with Crippen LogP contribution in [0.2, 0.25) is 0 Å². The van der Waals surface area contributed by atoms with Crippen molar-refractivity contribution in [2.24, 2.45) is 5.73 Å². The van der Waals surface area contributed by atoms with Gasteiger partial charge in [-0.25, -0.2) is 0 Å². The van der Waals surface area contributed by atoms with Gasteiger partial charge in [-0.2, -0.15) is 0 Å². The summed E-state index contributed by atoms with van der Waals surface area (Å²) in [5.41, 5.74) is 6.54. The first kappa shape index (κ1) is 12.2. The molecule has 1 heterocycles. The molecule has 0 saturated heterocycles. The van der Waals surface area contributed by atoms with Crippen LogP contribution in [0.3, 0.4) is 0 Å². The van der Waals surface area contributed by atoms with Crippen molar-refractivity contribution >= 4 is 5.69 Å². The maximum Gasteiger partial charge on any atom is 0.282 e. The normalized spacial score (nSPS) is 10.6. The van der Waals surface area contributed by atoms with Crippen LogP contribution in [0.5, 0.6) is 0 Å². The van der Waals surface area contributed by atoms with Crippen molar-refractivity contribution in [3.63, 3.8) is 0 Å². The highest BCUT2D eigenvalue weighted by molar-refractivity contribution is 5.67. The number of hydrogen-bond acceptors (Lipinski definition) is 6. The minimum Gasteiger partial charge on any atom is -0.420 e. The highest BCUT2D eigenvalue weighted by atomic mass is 16.6. The lowest BCUT2D eigenvalue weighted by Crippen LogP contribution is -2.02. The van der Waals surface area contributed by atoms with E-state index in [9.17, 15) is 10.1 Å². The van der Waals surface area contributed by atoms with Crippen molar-refractivity contribution in [2.45, 2.75) is 13.3 Å². The Bertz CT molecular complexity index is 579. The third-order valence-corrected chi connectivity index (χ3v) is 2.40. The van der Waals surface area contributed by atoms with E-state index in [1.807, 2.05) is 6.92 Å². The van der Waals surface area contributed by atoms with Gasteiger partial charge in [0.1, 0.15) is 5.56 Å². The fraction of sp³-hybridized carbons (Fsp3) is 0.273. The summed E-state index contributed by atoms with van der Waals surface area (Å²) in [6, 6.07) is 4.74. The molecule has 0 amide bonds. The van der Waals surface area contributed by atoms with Gasteiger partial charge in [0.15, 0.2) is 0 Å². The first-order chi connectivity index (χ1) is 8.61. The smallest absolute Gasteiger partial charge is 0.282 e. The van der Waals surface area contributed by atoms with E-state index in [4.69, 9.17) is 10.2 Å². The molecule has 7 nitrogen and oxygen atoms in total. The summed E-state index contributed by atoms with van der Waals surface area (Å²) in [5, 5.41) is 18.5. The first-order valence-corrected chi connectivity index (χ1v) is 5.39. The van der Waals surface area contributed by atoms with Gasteiger partial charge >= 0.3 is 0 Å². The third-order valence-electron chi connectivity index (χ3n) is 2.40. The van der Waals surface area contributed by atoms with E-state index < -0.39 is 4.92 Å². The molecule has 7 heteroatoms. The number of benzene rings is 1. The lowest BCUT2D eigenvalue weighted by molar-refractivity contribution is -0.384. The number of nitrogens with zero attached hydrogens (tertiary/aromatic N) is 3. The molecule has 0 fully saturated rings. The summed E-state index contributed by atoms with van der Waals surface area (Å²) >= 11 is 0. The van der Waals surface area contributed by atoms with Crippen molar-refractivity contribution in [2.75, 3.05) is 6.54 Å². The second-order valence-corrected chi connectivity index (χ2v) is 3.82. The predicted molar refractivity (Wildman–Crippen MR) is 63.9 cm³/mol. The van der Waals surface area contributed by atoms with Crippen LogP contribution in [0.15, 0.2) is 22.6 Å². The molecule has 2 rings (SSSR count). The van der Waals surface area contributed by atoms with Crippen molar-refractivity contribution < 1.29 is 9.34 Å². The van der Waals surface area contributed by atoms with Crippen LogP contribution in [0.4, 0.5) is 5.69 Å². The Hall–Kier alpha value is -2.28. The largest absolute Gasteiger partial charge is 0.420 e. The van der Waals surface area contributed by atoms with Gasteiger partial charge in [-0.1, -0.05) is 6.07 Å². The lowest BCUT2D eigenvalue weighted by Gasteiger charge is -1.99. The highest BCUT2D eigenvalue weighted by Crippen LogP contribution is 2.29. The predicted octanol–water partition coefficient (Wildman–Crippen LogP) is 1.45. The highest BCUT2D eigenvalue weighted by Gasteiger charge is 2.20. The number of aromatic nitrogens is 2. The number of hydrogen-bond donors (Lipinski definition) is 1. The molecule has 0 aliphatic rings. The fourth-order valence-corrected chi connectivity index (χ4v) is 1.57. The van der Waals surface area contributed by atoms with Crippen LogP contribution >= 0.6 is 0 Å². The van der Waals surface area contributed by atoms with E-state index in [1.54, 1.807) is 12.1 Å². The molecule has 2 N–H and O–H groups in total. The average molecular weight is 248 g/mol. The van der Waals surface area contributed by atoms with Crippen LogP contribution in [-0.4, -0.2) is 21.7 Å². The zero-order valence-electron chi connectivity index (χ0n) is 9.79. The molecule has 0 saturated carbocycles. The Morgan fingerprint density at radius 1 is 1.44 bits per heavy atom. The zero-order chi connectivity index (χ0) is 13.1. The van der Waals surface area contributed by atoms with Crippen LogP contribution in [-0.2, 0) is 6.42 Å². The van der Waals surface area contributed by atoms with Gasteiger partial charge in [0.05, 0.1) is 4.92 Å². The summed E-state index contributed by atoms with van der Waals surface area (Å²) < 4.78 is 5.35. The molecule has 0 aliphatic heterocycles. The maximum absolute atomic E-state index is 10.9. The fourth-order valence-electron chi connectivity index (χ4n) is 1.57. The standard InChI is InChI=1S/C11H12N4O3/c1-7-2-3-9(15(16)17)8(6-7)11-14-13-10(18-11)4-5-12/h2-3,6H,4-5,12H2,1H3. The van der Waals surface area contributed by atoms with E-state index in [0.717, 1.165) is 5.56 Å². The molecule has 0 aliphatic carbocycles.